The van der Waals surface area contributed by atoms with Crippen molar-refractivity contribution in [1.82, 2.24) is 10.6 Å². The molecule has 0 aliphatic heterocycles. The third-order valence-electron chi connectivity index (χ3n) is 0.958. The topological polar surface area (TPSA) is 104 Å². The van der Waals surface area contributed by atoms with Gasteiger partial charge in [0.15, 0.2) is 0 Å². The number of nitrogens with zero attached hydrogens (tertiary/aromatic N) is 2. The van der Waals surface area contributed by atoms with Crippen LogP contribution in [0.3, 0.4) is 0 Å². The lowest BCUT2D eigenvalue weighted by molar-refractivity contribution is -0.113. The van der Waals surface area contributed by atoms with Crippen molar-refractivity contribution >= 4 is 17.6 Å². The van der Waals surface area contributed by atoms with Gasteiger partial charge in [0.1, 0.15) is 13.2 Å². The predicted octanol–water partition coefficient (Wildman–Crippen LogP) is -1.03. The van der Waals surface area contributed by atoms with E-state index in [1.165, 1.54) is 20.2 Å². The molecule has 13 heavy (non-hydrogen) atoms. The molecule has 2 N–H and O–H groups in total. The first-order valence-electron chi connectivity index (χ1n) is 3.20. The Bertz CT molecular complexity index is 278. The number of carbonyl (C=O) groups is 2. The van der Waals surface area contributed by atoms with Crippen LogP contribution in [0.2, 0.25) is 0 Å². The highest BCUT2D eigenvalue weighted by atomic mass is 16.6. The van der Waals surface area contributed by atoms with Crippen LogP contribution in [0.4, 0.5) is 4.79 Å². The summed E-state index contributed by atoms with van der Waals surface area (Å²) in [7, 11) is 2.52. The average molecular weight is 184 g/mol. The number of urea groups is 1. The minimum absolute atomic E-state index is 0.522. The summed E-state index contributed by atoms with van der Waals surface area (Å²) in [6.45, 7) is 0. The zero-order chi connectivity index (χ0) is 10.3. The molecule has 0 aromatic heterocycles. The van der Waals surface area contributed by atoms with Crippen molar-refractivity contribution in [2.75, 3.05) is 14.2 Å². The van der Waals surface area contributed by atoms with E-state index in [2.05, 4.69) is 15.3 Å². The molecule has 0 aliphatic rings. The zero-order valence-electron chi connectivity index (χ0n) is 7.12. The molecule has 0 saturated carbocycles. The molecular weight excluding hydrogens is 176 g/mol. The van der Waals surface area contributed by atoms with Crippen molar-refractivity contribution in [2.45, 2.75) is 0 Å². The molecule has 7 nitrogen and oxygen atoms in total. The number of oxime groups is 1. The minimum atomic E-state index is -0.913. The highest BCUT2D eigenvalue weighted by Gasteiger charge is 2.13. The Morgan fingerprint density at radius 1 is 1.54 bits per heavy atom. The Morgan fingerprint density at radius 2 is 2.15 bits per heavy atom. The Labute approximate surface area is 74.3 Å². The monoisotopic (exact) mass is 184 g/mol. The highest BCUT2D eigenvalue weighted by molar-refractivity contribution is 6.46. The lowest BCUT2D eigenvalue weighted by Gasteiger charge is -1.99. The van der Waals surface area contributed by atoms with Crippen LogP contribution in [-0.2, 0) is 9.63 Å². The van der Waals surface area contributed by atoms with Crippen LogP contribution in [0.15, 0.2) is 5.16 Å². The molecule has 0 unspecified atom stereocenters. The van der Waals surface area contributed by atoms with E-state index in [9.17, 15) is 9.59 Å². The van der Waals surface area contributed by atoms with E-state index in [1.807, 2.05) is 5.32 Å². The summed E-state index contributed by atoms with van der Waals surface area (Å²) in [4.78, 5) is 25.7. The maximum Gasteiger partial charge on any atom is 0.321 e. The quantitative estimate of drug-likeness (QED) is 0.422. The SMILES string of the molecule is CNC(=O)NC(=O)/C(C#N)=N\OC. The molecule has 0 heterocycles. The van der Waals surface area contributed by atoms with Crippen molar-refractivity contribution in [1.29, 1.82) is 5.26 Å². The lowest BCUT2D eigenvalue weighted by Crippen LogP contribution is -2.40. The fraction of sp³-hybridized carbons (Fsp3) is 0.333. The second kappa shape index (κ2) is 5.54. The number of nitrogens with one attached hydrogen (secondary N) is 2. The van der Waals surface area contributed by atoms with E-state index in [0.717, 1.165) is 0 Å². The maximum atomic E-state index is 10.9. The van der Waals surface area contributed by atoms with Crippen LogP contribution in [0.5, 0.6) is 0 Å². The largest absolute Gasteiger partial charge is 0.398 e. The van der Waals surface area contributed by atoms with Crippen molar-refractivity contribution in [3.05, 3.63) is 0 Å². The normalized spacial score (nSPS) is 9.77. The molecule has 0 spiro atoms. The van der Waals surface area contributed by atoms with Crippen LogP contribution < -0.4 is 10.6 Å². The molecule has 0 radical (unpaired) electrons. The van der Waals surface area contributed by atoms with E-state index >= 15 is 0 Å². The Hall–Kier alpha value is -2.10. The minimum Gasteiger partial charge on any atom is -0.398 e. The smallest absolute Gasteiger partial charge is 0.321 e. The van der Waals surface area contributed by atoms with Gasteiger partial charge in [-0.3, -0.25) is 10.1 Å². The van der Waals surface area contributed by atoms with Crippen molar-refractivity contribution in [3.8, 4) is 6.07 Å². The van der Waals surface area contributed by atoms with Gasteiger partial charge in [-0.15, -0.1) is 0 Å². The summed E-state index contributed by atoms with van der Waals surface area (Å²) >= 11 is 0. The van der Waals surface area contributed by atoms with Gasteiger partial charge in [0.2, 0.25) is 5.71 Å². The molecule has 0 bridgehead atoms. The first kappa shape index (κ1) is 10.9. The van der Waals surface area contributed by atoms with Gasteiger partial charge in [-0.05, 0) is 0 Å². The molecule has 0 aromatic rings. The number of nitriles is 1. The Kier molecular flexibility index (Phi) is 4.64. The number of carbonyl (C=O) groups excluding carboxylic acids is 2. The van der Waals surface area contributed by atoms with Crippen LogP contribution in [-0.4, -0.2) is 31.8 Å². The van der Waals surface area contributed by atoms with Crippen molar-refractivity contribution in [3.63, 3.8) is 0 Å². The summed E-state index contributed by atoms with van der Waals surface area (Å²) < 4.78 is 0. The molecular formula is C6H8N4O3. The van der Waals surface area contributed by atoms with Crippen LogP contribution in [0.25, 0.3) is 0 Å². The molecule has 0 rings (SSSR count). The van der Waals surface area contributed by atoms with E-state index in [4.69, 9.17) is 5.26 Å². The zero-order valence-corrected chi connectivity index (χ0v) is 7.12. The molecule has 70 valence electrons. The van der Waals surface area contributed by atoms with Crippen LogP contribution in [0.1, 0.15) is 0 Å². The fourth-order valence-electron chi connectivity index (χ4n) is 0.429. The summed E-state index contributed by atoms with van der Waals surface area (Å²) in [5.74, 6) is -0.913. The van der Waals surface area contributed by atoms with Gasteiger partial charge in [-0.1, -0.05) is 5.16 Å². The number of amides is 3. The Morgan fingerprint density at radius 3 is 2.54 bits per heavy atom. The predicted molar refractivity (Wildman–Crippen MR) is 42.7 cm³/mol. The lowest BCUT2D eigenvalue weighted by atomic mass is 10.4. The standard InChI is InChI=1S/C6H8N4O3/c1-8-6(12)9-5(11)4(3-7)10-13-2/h1-2H3,(H2,8,9,11,12)/b10-4-. The molecule has 0 saturated heterocycles. The number of imide groups is 1. The fourth-order valence-corrected chi connectivity index (χ4v) is 0.429. The number of rotatable bonds is 2. The second-order valence-corrected chi connectivity index (χ2v) is 1.77. The van der Waals surface area contributed by atoms with Gasteiger partial charge in [0, 0.05) is 7.05 Å². The van der Waals surface area contributed by atoms with Gasteiger partial charge in [-0.2, -0.15) is 5.26 Å². The summed E-state index contributed by atoms with van der Waals surface area (Å²) in [6, 6.07) is 0.747. The molecule has 7 heteroatoms. The van der Waals surface area contributed by atoms with Gasteiger partial charge >= 0.3 is 6.03 Å². The van der Waals surface area contributed by atoms with Crippen LogP contribution in [0, 0.1) is 11.3 Å². The molecule has 0 aliphatic carbocycles. The average Bonchev–Trinajstić information content (AvgIpc) is 2.13. The molecule has 0 atom stereocenters. The third kappa shape index (κ3) is 3.71. The molecule has 3 amide bonds. The summed E-state index contributed by atoms with van der Waals surface area (Å²) in [5, 5.41) is 15.4. The highest BCUT2D eigenvalue weighted by Crippen LogP contribution is 1.79. The first-order valence-corrected chi connectivity index (χ1v) is 3.20. The van der Waals surface area contributed by atoms with Gasteiger partial charge in [0.05, 0.1) is 0 Å². The van der Waals surface area contributed by atoms with E-state index in [-0.39, 0.29) is 0 Å². The number of hydrogen-bond acceptors (Lipinski definition) is 5. The number of hydrogen-bond donors (Lipinski definition) is 2. The van der Waals surface area contributed by atoms with Crippen molar-refractivity contribution in [2.24, 2.45) is 5.16 Å². The van der Waals surface area contributed by atoms with Gasteiger partial charge < -0.3 is 10.2 Å². The third-order valence-corrected chi connectivity index (χ3v) is 0.958. The van der Waals surface area contributed by atoms with Crippen molar-refractivity contribution < 1.29 is 14.4 Å². The first-order chi connectivity index (χ1) is 6.15. The van der Waals surface area contributed by atoms with E-state index in [1.54, 1.807) is 0 Å². The van der Waals surface area contributed by atoms with Gasteiger partial charge in [0.25, 0.3) is 5.91 Å². The van der Waals surface area contributed by atoms with Gasteiger partial charge in [-0.25, -0.2) is 4.79 Å². The maximum absolute atomic E-state index is 10.9. The molecule has 0 fully saturated rings. The summed E-state index contributed by atoms with van der Waals surface area (Å²) in [5.41, 5.74) is -0.522. The Balaban J connectivity index is 4.34. The van der Waals surface area contributed by atoms with E-state index < -0.39 is 17.6 Å². The van der Waals surface area contributed by atoms with Crippen LogP contribution >= 0.6 is 0 Å². The second-order valence-electron chi connectivity index (χ2n) is 1.77. The van der Waals surface area contributed by atoms with E-state index in [0.29, 0.717) is 0 Å². The molecule has 0 aromatic carbocycles. The summed E-state index contributed by atoms with van der Waals surface area (Å²) in [6.07, 6.45) is 0.